The number of guanidine groups is 1. The van der Waals surface area contributed by atoms with Crippen LogP contribution in [0.4, 0.5) is 0 Å². The van der Waals surface area contributed by atoms with Gasteiger partial charge in [0.25, 0.3) is 0 Å². The third-order valence-corrected chi connectivity index (χ3v) is 4.35. The minimum atomic E-state index is 0.552. The molecule has 0 saturated carbocycles. The number of aliphatic imine (C=N–C) groups is 1. The molecule has 0 saturated heterocycles. The van der Waals surface area contributed by atoms with Gasteiger partial charge in [-0.3, -0.25) is 4.40 Å². The van der Waals surface area contributed by atoms with Gasteiger partial charge >= 0.3 is 0 Å². The fourth-order valence-corrected chi connectivity index (χ4v) is 2.99. The third-order valence-electron chi connectivity index (χ3n) is 3.85. The second kappa shape index (κ2) is 8.11. The summed E-state index contributed by atoms with van der Waals surface area (Å²) in [6.45, 7) is 6.12. The lowest BCUT2D eigenvalue weighted by Crippen LogP contribution is -2.37. The summed E-state index contributed by atoms with van der Waals surface area (Å²) in [6.07, 6.45) is 1.96. The minimum absolute atomic E-state index is 0.552. The number of nitrogens with one attached hydrogen (secondary N) is 2. The smallest absolute Gasteiger partial charge is 0.191 e. The first-order chi connectivity index (χ1) is 12.2. The summed E-state index contributed by atoms with van der Waals surface area (Å²) in [6, 6.07) is 12.1. The Morgan fingerprint density at radius 1 is 1.20 bits per heavy atom. The Hall–Kier alpha value is -2.41. The zero-order valence-corrected chi connectivity index (χ0v) is 15.9. The summed E-state index contributed by atoms with van der Waals surface area (Å²) in [5.74, 6) is 1.61. The molecule has 1 aromatic carbocycles. The molecule has 130 valence electrons. The minimum Gasteiger partial charge on any atom is -0.357 e. The molecule has 3 aromatic rings. The third kappa shape index (κ3) is 4.36. The number of hydrogen-bond donors (Lipinski definition) is 2. The van der Waals surface area contributed by atoms with Crippen LogP contribution in [-0.2, 0) is 13.1 Å². The molecule has 0 unspecified atom stereocenters. The van der Waals surface area contributed by atoms with Gasteiger partial charge in [-0.05, 0) is 49.2 Å². The van der Waals surface area contributed by atoms with Crippen molar-refractivity contribution in [2.24, 2.45) is 4.99 Å². The van der Waals surface area contributed by atoms with Crippen LogP contribution in [0.2, 0.25) is 0 Å². The number of fused-ring (bicyclic) bond motifs is 1. The zero-order valence-electron chi connectivity index (χ0n) is 14.3. The SMILES string of the molecule is CCNC(=NCc1ccc(Br)cc1C)NCc1nnc2ccccn12. The highest BCUT2D eigenvalue weighted by atomic mass is 79.9. The van der Waals surface area contributed by atoms with E-state index >= 15 is 0 Å². The van der Waals surface area contributed by atoms with Gasteiger partial charge in [0.15, 0.2) is 17.4 Å². The van der Waals surface area contributed by atoms with E-state index in [1.807, 2.05) is 34.9 Å². The van der Waals surface area contributed by atoms with E-state index < -0.39 is 0 Å². The van der Waals surface area contributed by atoms with E-state index in [1.165, 1.54) is 11.1 Å². The van der Waals surface area contributed by atoms with Crippen LogP contribution in [0.15, 0.2) is 52.1 Å². The van der Waals surface area contributed by atoms with Crippen LogP contribution in [-0.4, -0.2) is 27.1 Å². The number of nitrogens with zero attached hydrogens (tertiary/aromatic N) is 4. The van der Waals surface area contributed by atoms with Crippen molar-refractivity contribution in [2.75, 3.05) is 6.54 Å². The number of aromatic nitrogens is 3. The van der Waals surface area contributed by atoms with E-state index in [-0.39, 0.29) is 0 Å². The summed E-state index contributed by atoms with van der Waals surface area (Å²) < 4.78 is 3.05. The van der Waals surface area contributed by atoms with Crippen LogP contribution in [0.3, 0.4) is 0 Å². The molecule has 0 spiro atoms. The van der Waals surface area contributed by atoms with Crippen LogP contribution in [0.5, 0.6) is 0 Å². The van der Waals surface area contributed by atoms with Crippen LogP contribution in [0.25, 0.3) is 5.65 Å². The first kappa shape index (κ1) is 17.4. The summed E-state index contributed by atoms with van der Waals surface area (Å²) in [7, 11) is 0. The summed E-state index contributed by atoms with van der Waals surface area (Å²) >= 11 is 3.49. The van der Waals surface area contributed by atoms with Crippen molar-refractivity contribution in [1.29, 1.82) is 0 Å². The average Bonchev–Trinajstić information content (AvgIpc) is 3.02. The van der Waals surface area contributed by atoms with E-state index in [0.717, 1.165) is 28.4 Å². The predicted molar refractivity (Wildman–Crippen MR) is 104 cm³/mol. The Morgan fingerprint density at radius 3 is 2.88 bits per heavy atom. The molecule has 0 fully saturated rings. The van der Waals surface area contributed by atoms with Gasteiger partial charge in [-0.2, -0.15) is 0 Å². The van der Waals surface area contributed by atoms with Gasteiger partial charge in [0.05, 0.1) is 13.1 Å². The van der Waals surface area contributed by atoms with Crippen molar-refractivity contribution in [3.05, 3.63) is 64.0 Å². The second-order valence-electron chi connectivity index (χ2n) is 5.66. The van der Waals surface area contributed by atoms with Crippen molar-refractivity contribution in [2.45, 2.75) is 26.9 Å². The molecule has 2 aromatic heterocycles. The van der Waals surface area contributed by atoms with Gasteiger partial charge in [0.1, 0.15) is 0 Å². The Labute approximate surface area is 155 Å². The van der Waals surface area contributed by atoms with Crippen LogP contribution in [0, 0.1) is 6.92 Å². The molecule has 0 aliphatic rings. The molecule has 7 heteroatoms. The van der Waals surface area contributed by atoms with Crippen molar-refractivity contribution in [3.63, 3.8) is 0 Å². The fraction of sp³-hybridized carbons (Fsp3) is 0.278. The first-order valence-electron chi connectivity index (χ1n) is 8.23. The van der Waals surface area contributed by atoms with Crippen LogP contribution < -0.4 is 10.6 Å². The standard InChI is InChI=1S/C18H21BrN6/c1-3-20-18(21-11-14-7-8-15(19)10-13(14)2)22-12-17-24-23-16-6-4-5-9-25(16)17/h4-10H,3,11-12H2,1-2H3,(H2,20,21,22). The molecule has 3 rings (SSSR count). The highest BCUT2D eigenvalue weighted by Gasteiger charge is 2.06. The predicted octanol–water partition coefficient (Wildman–Crippen LogP) is 3.06. The maximum absolute atomic E-state index is 4.68. The van der Waals surface area contributed by atoms with Gasteiger partial charge in [-0.25, -0.2) is 4.99 Å². The number of rotatable bonds is 5. The average molecular weight is 401 g/mol. The summed E-state index contributed by atoms with van der Waals surface area (Å²) in [5.41, 5.74) is 3.26. The molecule has 2 heterocycles. The monoisotopic (exact) mass is 400 g/mol. The van der Waals surface area contributed by atoms with Crippen molar-refractivity contribution < 1.29 is 0 Å². The fourth-order valence-electron chi connectivity index (χ4n) is 2.52. The Balaban J connectivity index is 1.70. The van der Waals surface area contributed by atoms with Crippen LogP contribution >= 0.6 is 15.9 Å². The van der Waals surface area contributed by atoms with Crippen molar-refractivity contribution >= 4 is 27.5 Å². The maximum atomic E-state index is 4.68. The first-order valence-corrected chi connectivity index (χ1v) is 9.02. The molecule has 0 amide bonds. The van der Waals surface area contributed by atoms with E-state index in [2.05, 4.69) is 67.7 Å². The van der Waals surface area contributed by atoms with Crippen molar-refractivity contribution in [3.8, 4) is 0 Å². The number of hydrogen-bond acceptors (Lipinski definition) is 3. The maximum Gasteiger partial charge on any atom is 0.191 e. The summed E-state index contributed by atoms with van der Waals surface area (Å²) in [4.78, 5) is 4.68. The largest absolute Gasteiger partial charge is 0.357 e. The van der Waals surface area contributed by atoms with E-state index in [1.54, 1.807) is 0 Å². The van der Waals surface area contributed by atoms with Gasteiger partial charge < -0.3 is 10.6 Å². The number of aryl methyl sites for hydroxylation is 1. The van der Waals surface area contributed by atoms with Gasteiger partial charge in [0.2, 0.25) is 0 Å². The number of benzene rings is 1. The lowest BCUT2D eigenvalue weighted by atomic mass is 10.1. The lowest BCUT2D eigenvalue weighted by Gasteiger charge is -2.11. The normalized spacial score (nSPS) is 11.7. The van der Waals surface area contributed by atoms with Crippen molar-refractivity contribution in [1.82, 2.24) is 25.2 Å². The van der Waals surface area contributed by atoms with Gasteiger partial charge in [-0.15, -0.1) is 10.2 Å². The number of pyridine rings is 1. The molecule has 0 radical (unpaired) electrons. The molecule has 0 aliphatic carbocycles. The summed E-state index contributed by atoms with van der Waals surface area (Å²) in [5, 5.41) is 15.0. The van der Waals surface area contributed by atoms with Gasteiger partial charge in [-0.1, -0.05) is 28.1 Å². The van der Waals surface area contributed by atoms with E-state index in [9.17, 15) is 0 Å². The lowest BCUT2D eigenvalue weighted by molar-refractivity contribution is 0.765. The molecular weight excluding hydrogens is 380 g/mol. The molecule has 6 nitrogen and oxygen atoms in total. The quantitative estimate of drug-likeness (QED) is 0.510. The molecule has 25 heavy (non-hydrogen) atoms. The van der Waals surface area contributed by atoms with Crippen LogP contribution in [0.1, 0.15) is 23.9 Å². The number of halogens is 1. The Morgan fingerprint density at radius 2 is 2.08 bits per heavy atom. The topological polar surface area (TPSA) is 66.6 Å². The zero-order chi connectivity index (χ0) is 17.6. The highest BCUT2D eigenvalue weighted by molar-refractivity contribution is 9.10. The highest BCUT2D eigenvalue weighted by Crippen LogP contribution is 2.16. The Kier molecular flexibility index (Phi) is 5.65. The second-order valence-corrected chi connectivity index (χ2v) is 6.58. The van der Waals surface area contributed by atoms with E-state index in [0.29, 0.717) is 13.1 Å². The molecule has 0 aliphatic heterocycles. The molecule has 0 bridgehead atoms. The van der Waals surface area contributed by atoms with Gasteiger partial charge in [0, 0.05) is 17.2 Å². The molecular formula is C18H21BrN6. The molecule has 0 atom stereocenters. The van der Waals surface area contributed by atoms with E-state index in [4.69, 9.17) is 0 Å². The Bertz CT molecular complexity index is 886. The molecule has 2 N–H and O–H groups in total.